The molecule has 0 aromatic rings. The first-order valence-corrected chi connectivity index (χ1v) is 1.27. The van der Waals surface area contributed by atoms with Crippen LogP contribution in [-0.2, 0) is 16.3 Å². The molecule has 5 heavy (non-hydrogen) atoms. The van der Waals surface area contributed by atoms with Crippen LogP contribution < -0.4 is 0 Å². The Bertz CT molecular complexity index is 29.9. The van der Waals surface area contributed by atoms with Crippen LogP contribution in [0.15, 0.2) is 0 Å². The summed E-state index contributed by atoms with van der Waals surface area (Å²) < 4.78 is 0. The van der Waals surface area contributed by atoms with Gasteiger partial charge in [-0.15, -0.1) is 0 Å². The fraction of sp³-hybridized carbons (Fsp3) is 0. The van der Waals surface area contributed by atoms with E-state index in [2.05, 4.69) is 0 Å². The third kappa shape index (κ3) is 10800. The molecule has 0 fully saturated rings. The van der Waals surface area contributed by atoms with Crippen molar-refractivity contribution in [1.82, 2.24) is 0 Å². The number of rotatable bonds is 0. The van der Waals surface area contributed by atoms with Crippen LogP contribution in [-0.4, -0.2) is 15.4 Å². The molecule has 0 atom stereocenters. The molecule has 31 valence electrons. The standard InChI is InChI=1S/CHO2.Cr.H2O/c2-1-3;;/h(H,2,3);;1H2. The summed E-state index contributed by atoms with van der Waals surface area (Å²) in [4.78, 5) is 7.99. The molecule has 3 N–H and O–H groups in total. The first-order chi connectivity index (χ1) is 1.73. The van der Waals surface area contributed by atoms with Crippen molar-refractivity contribution in [2.24, 2.45) is 0 Å². The molecule has 0 rings (SSSR count). The number of carbonyl (C=O) groups is 1. The third-order valence-corrected chi connectivity index (χ3v) is 0. The normalized spacial score (nSPS) is 4.80. The second-order valence-electron chi connectivity index (χ2n) is 0.266. The van der Waals surface area contributed by atoms with E-state index < -0.39 is 4.83 Å². The summed E-state index contributed by atoms with van der Waals surface area (Å²) in [5.41, 5.74) is 0. The van der Waals surface area contributed by atoms with Crippen molar-refractivity contribution in [3.63, 3.8) is 0 Å². The predicted octanol–water partition coefficient (Wildman–Crippen LogP) is -0.613. The Kier molecular flexibility index (Phi) is 7.04. The summed E-state index contributed by atoms with van der Waals surface area (Å²) in [5.74, 6) is 0. The van der Waals surface area contributed by atoms with Gasteiger partial charge >= 0.3 is 31.0 Å². The van der Waals surface area contributed by atoms with Gasteiger partial charge in [-0.2, -0.15) is 0 Å². The molecule has 0 radical (unpaired) electrons. The van der Waals surface area contributed by atoms with Crippen molar-refractivity contribution in [3.05, 3.63) is 0 Å². The second kappa shape index (κ2) is 3.96. The summed E-state index contributed by atoms with van der Waals surface area (Å²) in [6.45, 7) is 0. The average Bonchev–Trinajstić information content (AvgIpc) is 0.811. The molecule has 0 bridgehead atoms. The van der Waals surface area contributed by atoms with E-state index in [4.69, 9.17) is 9.90 Å². The number of carboxylic acid groups (broad SMARTS) is 1. The Morgan fingerprint density at radius 1 is 1.80 bits per heavy atom. The van der Waals surface area contributed by atoms with E-state index in [1.807, 2.05) is 16.3 Å². The fourth-order valence-electron chi connectivity index (χ4n) is 0. The molecule has 0 unspecified atom stereocenters. The number of hydrogen-bond acceptors (Lipinski definition) is 1. The van der Waals surface area contributed by atoms with Crippen molar-refractivity contribution >= 4 is 4.83 Å². The first kappa shape index (κ1) is 8.88. The van der Waals surface area contributed by atoms with Gasteiger partial charge in [-0.25, -0.2) is 0 Å². The first-order valence-electron chi connectivity index (χ1n) is 0.632. The monoisotopic (exact) mass is 115 g/mol. The van der Waals surface area contributed by atoms with Gasteiger partial charge < -0.3 is 5.48 Å². The van der Waals surface area contributed by atoms with E-state index in [-0.39, 0.29) is 5.48 Å². The zero-order chi connectivity index (χ0) is 3.58. The van der Waals surface area contributed by atoms with Gasteiger partial charge in [-0.3, -0.25) is 0 Å². The zero-order valence-corrected chi connectivity index (χ0v) is 3.54. The molecule has 3 nitrogen and oxygen atoms in total. The van der Waals surface area contributed by atoms with Gasteiger partial charge in [-0.1, -0.05) is 0 Å². The Morgan fingerprint density at radius 3 is 1.80 bits per heavy atom. The minimum absolute atomic E-state index is 0. The summed E-state index contributed by atoms with van der Waals surface area (Å²) in [7, 11) is 0. The molecule has 0 aromatic carbocycles. The van der Waals surface area contributed by atoms with E-state index in [0.717, 1.165) is 0 Å². The van der Waals surface area contributed by atoms with Gasteiger partial charge in [0, 0.05) is 0 Å². The van der Waals surface area contributed by atoms with Crippen molar-refractivity contribution in [2.75, 3.05) is 0 Å². The van der Waals surface area contributed by atoms with Gasteiger partial charge in [0.25, 0.3) is 0 Å². The van der Waals surface area contributed by atoms with E-state index in [0.29, 0.717) is 0 Å². The zero-order valence-electron chi connectivity index (χ0n) is 2.26. The molecule has 0 spiro atoms. The SMILES string of the molecule is O.O=[C](O)[Cr]. The molecule has 0 aromatic heterocycles. The van der Waals surface area contributed by atoms with E-state index in [1.165, 1.54) is 0 Å². The molecule has 0 aliphatic rings. The molecule has 0 amide bonds. The van der Waals surface area contributed by atoms with Gasteiger partial charge in [0.05, 0.1) is 0 Å². The average molecular weight is 115 g/mol. The van der Waals surface area contributed by atoms with Crippen LogP contribution in [0.4, 0.5) is 4.79 Å². The predicted molar refractivity (Wildman–Crippen MR) is 11.6 cm³/mol. The van der Waals surface area contributed by atoms with Crippen molar-refractivity contribution in [3.8, 4) is 0 Å². The van der Waals surface area contributed by atoms with Crippen LogP contribution >= 0.6 is 0 Å². The molecule has 0 heterocycles. The summed E-state index contributed by atoms with van der Waals surface area (Å²) in [6, 6.07) is 0. The van der Waals surface area contributed by atoms with Crippen LogP contribution in [0.2, 0.25) is 0 Å². The van der Waals surface area contributed by atoms with E-state index in [1.54, 1.807) is 0 Å². The molecule has 4 heteroatoms. The quantitative estimate of drug-likeness (QED) is 0.457. The summed E-state index contributed by atoms with van der Waals surface area (Å²) in [5, 5.41) is 7.36. The molecule has 0 aliphatic heterocycles. The maximum absolute atomic E-state index is 8.94. The summed E-state index contributed by atoms with van der Waals surface area (Å²) >= 11 is 1.82. The van der Waals surface area contributed by atoms with Crippen molar-refractivity contribution < 1.29 is 31.7 Å². The Morgan fingerprint density at radius 2 is 1.80 bits per heavy atom. The maximum atomic E-state index is 8.94. The van der Waals surface area contributed by atoms with Crippen LogP contribution in [0.5, 0.6) is 0 Å². The molecule has 0 saturated heterocycles. The van der Waals surface area contributed by atoms with E-state index >= 15 is 0 Å². The fourth-order valence-corrected chi connectivity index (χ4v) is 0. The van der Waals surface area contributed by atoms with Gasteiger partial charge in [0.2, 0.25) is 0 Å². The van der Waals surface area contributed by atoms with Crippen LogP contribution in [0.3, 0.4) is 0 Å². The Balaban J connectivity index is 0. The molecular formula is CH3CrO3. The van der Waals surface area contributed by atoms with E-state index in [9.17, 15) is 0 Å². The van der Waals surface area contributed by atoms with Crippen LogP contribution in [0.25, 0.3) is 0 Å². The van der Waals surface area contributed by atoms with Crippen molar-refractivity contribution in [1.29, 1.82) is 0 Å². The topological polar surface area (TPSA) is 68.8 Å². The van der Waals surface area contributed by atoms with Gasteiger partial charge in [0.15, 0.2) is 0 Å². The molecular weight excluding hydrogens is 112 g/mol. The summed E-state index contributed by atoms with van der Waals surface area (Å²) in [6.07, 6.45) is 0. The van der Waals surface area contributed by atoms with Crippen molar-refractivity contribution in [2.45, 2.75) is 0 Å². The Hall–Kier alpha value is -0.0375. The van der Waals surface area contributed by atoms with Crippen LogP contribution in [0.1, 0.15) is 0 Å². The minimum atomic E-state index is -0.958. The number of hydrogen-bond donors (Lipinski definition) is 1. The van der Waals surface area contributed by atoms with Gasteiger partial charge in [0.1, 0.15) is 0 Å². The third-order valence-electron chi connectivity index (χ3n) is 0. The van der Waals surface area contributed by atoms with Gasteiger partial charge in [-0.05, 0) is 0 Å². The molecule has 0 saturated carbocycles. The molecule has 0 aliphatic carbocycles. The second-order valence-corrected chi connectivity index (χ2v) is 0.811. The van der Waals surface area contributed by atoms with Crippen LogP contribution in [0, 0.1) is 0 Å². The Labute approximate surface area is 37.3 Å².